The zero-order chi connectivity index (χ0) is 7.61. The van der Waals surface area contributed by atoms with Crippen LogP contribution in [0, 0.1) is 0 Å². The summed E-state index contributed by atoms with van der Waals surface area (Å²) in [6.07, 6.45) is 0.744. The lowest BCUT2D eigenvalue weighted by Crippen LogP contribution is -2.32. The SMILES string of the molecule is NP(N)(=S)OC1CCNN1. The van der Waals surface area contributed by atoms with E-state index in [0.717, 1.165) is 13.0 Å². The molecule has 0 bridgehead atoms. The van der Waals surface area contributed by atoms with Crippen molar-refractivity contribution >= 4 is 18.4 Å². The topological polar surface area (TPSA) is 85.3 Å². The maximum atomic E-state index is 5.33. The molecule has 0 radical (unpaired) electrons. The van der Waals surface area contributed by atoms with Crippen LogP contribution < -0.4 is 21.9 Å². The van der Waals surface area contributed by atoms with E-state index in [-0.39, 0.29) is 6.23 Å². The molecule has 1 rings (SSSR count). The second kappa shape index (κ2) is 3.23. The minimum absolute atomic E-state index is 0.110. The Morgan fingerprint density at radius 1 is 1.60 bits per heavy atom. The summed E-state index contributed by atoms with van der Waals surface area (Å²) in [4.78, 5) is 0. The normalized spacial score (nSPS) is 27.2. The van der Waals surface area contributed by atoms with Crippen molar-refractivity contribution in [2.45, 2.75) is 12.6 Å². The summed E-state index contributed by atoms with van der Waals surface area (Å²) >= 11 is 4.70. The molecule has 60 valence electrons. The van der Waals surface area contributed by atoms with Gasteiger partial charge in [0.15, 0.2) is 6.57 Å². The molecule has 0 aliphatic carbocycles. The molecule has 6 N–H and O–H groups in total. The molecule has 0 spiro atoms. The molecule has 1 atom stereocenters. The molecule has 1 saturated heterocycles. The Morgan fingerprint density at radius 3 is 2.70 bits per heavy atom. The van der Waals surface area contributed by atoms with E-state index in [2.05, 4.69) is 10.9 Å². The monoisotopic (exact) mass is 182 g/mol. The first-order chi connectivity index (χ1) is 4.58. The molecule has 10 heavy (non-hydrogen) atoms. The molecular formula is C3H11N4OPS. The van der Waals surface area contributed by atoms with Crippen LogP contribution in [0.15, 0.2) is 0 Å². The molecule has 1 aliphatic heterocycles. The molecule has 5 nitrogen and oxygen atoms in total. The fraction of sp³-hybridized carbons (Fsp3) is 1.00. The number of hydrogen-bond acceptors (Lipinski definition) is 4. The molecule has 1 aliphatic rings. The Kier molecular flexibility index (Phi) is 2.76. The van der Waals surface area contributed by atoms with Crippen LogP contribution in [0.1, 0.15) is 6.42 Å². The van der Waals surface area contributed by atoms with Crippen molar-refractivity contribution in [2.24, 2.45) is 11.0 Å². The first-order valence-corrected chi connectivity index (χ1v) is 5.78. The van der Waals surface area contributed by atoms with Gasteiger partial charge in [0.1, 0.15) is 6.23 Å². The Morgan fingerprint density at radius 2 is 2.30 bits per heavy atom. The van der Waals surface area contributed by atoms with Crippen LogP contribution in [0.4, 0.5) is 0 Å². The van der Waals surface area contributed by atoms with Crippen molar-refractivity contribution in [3.63, 3.8) is 0 Å². The number of hydrazine groups is 1. The summed E-state index contributed by atoms with van der Waals surface area (Å²) < 4.78 is 5.11. The molecule has 0 aromatic heterocycles. The highest BCUT2D eigenvalue weighted by Crippen LogP contribution is 2.29. The third-order valence-electron chi connectivity index (χ3n) is 1.09. The highest BCUT2D eigenvalue weighted by atomic mass is 32.4. The Bertz CT molecular complexity index is 153. The zero-order valence-corrected chi connectivity index (χ0v) is 7.12. The zero-order valence-electron chi connectivity index (χ0n) is 5.41. The molecule has 1 fully saturated rings. The van der Waals surface area contributed by atoms with Crippen molar-refractivity contribution in [2.75, 3.05) is 6.54 Å². The van der Waals surface area contributed by atoms with Crippen molar-refractivity contribution in [1.82, 2.24) is 10.9 Å². The van der Waals surface area contributed by atoms with Gasteiger partial charge in [-0.15, -0.1) is 0 Å². The van der Waals surface area contributed by atoms with Gasteiger partial charge < -0.3 is 4.52 Å². The fourth-order valence-electron chi connectivity index (χ4n) is 0.739. The smallest absolute Gasteiger partial charge is 0.194 e. The molecule has 0 aromatic rings. The lowest BCUT2D eigenvalue weighted by Gasteiger charge is -2.16. The third-order valence-corrected chi connectivity index (χ3v) is 1.93. The van der Waals surface area contributed by atoms with Gasteiger partial charge in [-0.2, -0.15) is 0 Å². The fourth-order valence-corrected chi connectivity index (χ4v) is 1.61. The average Bonchev–Trinajstić information content (AvgIpc) is 2.12. The molecule has 0 saturated carbocycles. The first-order valence-electron chi connectivity index (χ1n) is 2.92. The number of hydrogen-bond donors (Lipinski definition) is 4. The molecule has 7 heteroatoms. The van der Waals surface area contributed by atoms with E-state index in [1.54, 1.807) is 0 Å². The van der Waals surface area contributed by atoms with Gasteiger partial charge in [0, 0.05) is 13.0 Å². The minimum Gasteiger partial charge on any atom is -0.307 e. The van der Waals surface area contributed by atoms with Crippen LogP contribution in [0.5, 0.6) is 0 Å². The van der Waals surface area contributed by atoms with Crippen LogP contribution in [0.2, 0.25) is 0 Å². The van der Waals surface area contributed by atoms with Crippen molar-refractivity contribution in [3.8, 4) is 0 Å². The van der Waals surface area contributed by atoms with E-state index in [0.29, 0.717) is 0 Å². The lowest BCUT2D eigenvalue weighted by atomic mass is 10.4. The highest BCUT2D eigenvalue weighted by Gasteiger charge is 2.18. The van der Waals surface area contributed by atoms with E-state index >= 15 is 0 Å². The molecule has 0 amide bonds. The van der Waals surface area contributed by atoms with E-state index in [9.17, 15) is 0 Å². The van der Waals surface area contributed by atoms with Gasteiger partial charge in [0.25, 0.3) is 0 Å². The summed E-state index contributed by atoms with van der Waals surface area (Å²) in [5.74, 6) is 0. The second-order valence-corrected chi connectivity index (χ2v) is 5.31. The van der Waals surface area contributed by atoms with Gasteiger partial charge in [-0.1, -0.05) is 0 Å². The van der Waals surface area contributed by atoms with Crippen LogP contribution >= 0.6 is 6.57 Å². The quantitative estimate of drug-likeness (QED) is 0.408. The Hall–Kier alpha value is 0.450. The molecular weight excluding hydrogens is 171 g/mol. The van der Waals surface area contributed by atoms with Crippen LogP contribution in [-0.2, 0) is 16.3 Å². The lowest BCUT2D eigenvalue weighted by molar-refractivity contribution is 0.201. The van der Waals surface area contributed by atoms with E-state index in [4.69, 9.17) is 27.3 Å². The average molecular weight is 182 g/mol. The van der Waals surface area contributed by atoms with Gasteiger partial charge in [0.2, 0.25) is 0 Å². The van der Waals surface area contributed by atoms with E-state index < -0.39 is 6.57 Å². The van der Waals surface area contributed by atoms with Gasteiger partial charge >= 0.3 is 0 Å². The minimum atomic E-state index is -2.48. The van der Waals surface area contributed by atoms with Crippen molar-refractivity contribution in [1.29, 1.82) is 0 Å². The summed E-state index contributed by atoms with van der Waals surface area (Å²) in [5, 5.41) is 0. The van der Waals surface area contributed by atoms with Crippen molar-refractivity contribution < 1.29 is 4.52 Å². The second-order valence-electron chi connectivity index (χ2n) is 2.10. The summed E-state index contributed by atoms with van der Waals surface area (Å²) in [5.41, 5.74) is 16.4. The number of nitrogens with two attached hydrogens (primary N) is 2. The van der Waals surface area contributed by atoms with Gasteiger partial charge in [-0.3, -0.25) is 16.4 Å². The van der Waals surface area contributed by atoms with Crippen LogP contribution in [0.3, 0.4) is 0 Å². The van der Waals surface area contributed by atoms with Gasteiger partial charge in [-0.25, -0.2) is 5.43 Å². The van der Waals surface area contributed by atoms with Crippen molar-refractivity contribution in [3.05, 3.63) is 0 Å². The highest BCUT2D eigenvalue weighted by molar-refractivity contribution is 8.10. The van der Waals surface area contributed by atoms with Gasteiger partial charge in [0.05, 0.1) is 0 Å². The summed E-state index contributed by atoms with van der Waals surface area (Å²) in [7, 11) is 0. The summed E-state index contributed by atoms with van der Waals surface area (Å²) in [6, 6.07) is 0. The first kappa shape index (κ1) is 8.55. The predicted octanol–water partition coefficient (Wildman–Crippen LogP) is -1.03. The largest absolute Gasteiger partial charge is 0.307 e. The maximum Gasteiger partial charge on any atom is 0.194 e. The van der Waals surface area contributed by atoms with Gasteiger partial charge in [-0.05, 0) is 11.8 Å². The molecule has 0 aromatic carbocycles. The van der Waals surface area contributed by atoms with E-state index in [1.807, 2.05) is 0 Å². The molecule has 1 heterocycles. The van der Waals surface area contributed by atoms with E-state index in [1.165, 1.54) is 0 Å². The maximum absolute atomic E-state index is 5.33. The molecule has 1 unspecified atom stereocenters. The summed E-state index contributed by atoms with van der Waals surface area (Å²) in [6.45, 7) is -1.62. The Labute approximate surface area is 64.6 Å². The van der Waals surface area contributed by atoms with Crippen LogP contribution in [0.25, 0.3) is 0 Å². The number of rotatable bonds is 2. The van der Waals surface area contributed by atoms with Crippen LogP contribution in [-0.4, -0.2) is 12.8 Å². The number of nitrogens with one attached hydrogen (secondary N) is 2. The Balaban J connectivity index is 2.31. The third kappa shape index (κ3) is 3.03. The standard InChI is InChI=1S/C3H11N4OPS/c4-9(5,10)8-3-1-2-6-7-3/h3,6-7H,1-2H2,(H4,4,5,10). The predicted molar refractivity (Wildman–Crippen MR) is 43.3 cm³/mol.